The zero-order chi connectivity index (χ0) is 81.2. The lowest BCUT2D eigenvalue weighted by molar-refractivity contribution is -0.388. The first-order chi connectivity index (χ1) is 52.7. The van der Waals surface area contributed by atoms with Crippen molar-refractivity contribution in [3.05, 3.63) is 24.3 Å². The number of ether oxygens (including phenoxy) is 8. The summed E-state index contributed by atoms with van der Waals surface area (Å²) < 4.78 is 46.6. The molecule has 0 saturated carbocycles. The highest BCUT2D eigenvalue weighted by atomic mass is 16.8. The first-order valence-corrected chi connectivity index (χ1v) is 40.9. The first kappa shape index (κ1) is 98.3. The first-order valence-electron chi connectivity index (χ1n) is 40.9. The van der Waals surface area contributed by atoms with Gasteiger partial charge in [-0.2, -0.15) is 0 Å². The Balaban J connectivity index is 1.43. The molecule has 4 saturated heterocycles. The minimum absolute atomic E-state index is 0.152. The van der Waals surface area contributed by atoms with Crippen LogP contribution >= 0.6 is 0 Å². The topological polar surface area (TPSA) is 519 Å². The second-order valence-electron chi connectivity index (χ2n) is 30.4. The van der Waals surface area contributed by atoms with Crippen LogP contribution in [0.25, 0.3) is 0 Å². The molecule has 0 radical (unpaired) electrons. The van der Waals surface area contributed by atoms with Crippen LogP contribution in [0.4, 0.5) is 0 Å². The van der Waals surface area contributed by atoms with Crippen LogP contribution in [0.2, 0.25) is 0 Å². The van der Waals surface area contributed by atoms with Gasteiger partial charge in [-0.15, -0.1) is 0 Å². The predicted octanol–water partition coefficient (Wildman–Crippen LogP) is 3.24. The van der Waals surface area contributed by atoms with Crippen molar-refractivity contribution in [1.29, 1.82) is 0 Å². The molecule has 32 nitrogen and oxygen atoms in total. The molecule has 19 N–H and O–H groups in total. The molecule has 24 atom stereocenters. The highest BCUT2D eigenvalue weighted by Gasteiger charge is 2.62. The van der Waals surface area contributed by atoms with Crippen LogP contribution in [0.1, 0.15) is 259 Å². The van der Waals surface area contributed by atoms with E-state index in [1.807, 2.05) is 6.08 Å². The van der Waals surface area contributed by atoms with Gasteiger partial charge in [-0.1, -0.05) is 205 Å². The Kier molecular flexibility index (Phi) is 48.2. The maximum Gasteiger partial charge on any atom is 0.364 e. The molecule has 0 aromatic heterocycles. The minimum atomic E-state index is -3.39. The fourth-order valence-electron chi connectivity index (χ4n) is 14.6. The number of aliphatic carboxylic acids is 2. The fourth-order valence-corrected chi connectivity index (χ4v) is 14.6. The number of carbonyl (C=O) groups is 5. The molecule has 0 bridgehead atoms. The van der Waals surface area contributed by atoms with Gasteiger partial charge in [-0.3, -0.25) is 14.4 Å². The summed E-state index contributed by atoms with van der Waals surface area (Å²) in [6.45, 7) is 1.13. The number of aliphatic hydroxyl groups excluding tert-OH is 14. The Morgan fingerprint density at radius 1 is 0.491 bits per heavy atom. The standard InChI is InChI=1S/C78H139N3O29/c1-5-7-9-11-13-15-17-19-20-21-22-23-24-25-26-27-28-30-32-34-36-38-40-42-60(92)81-52(53(88)41-39-37-35-33-31-29-18-16-14-12-10-8-6-2)49-103-73-67(97)66(96)69(59(48-85)105-73)106-74-68(98)72(64(94)57(46-83)104-74)110-78(76(101)102)44-55(90)62(80-51(4)87)71(109-78)65(95)58(47-84)107-77(75(99)100)43-54(89)61(79-50(3)86)70(108-77)63(93)56(91)45-82/h19-20,39,41,52-59,61-74,82-85,88-91,93-98H,5-18,21-38,40,42-49H2,1-4H3,(H,79,86)(H,80,87)(H,81,92)(H,99,100)(H,101,102). The van der Waals surface area contributed by atoms with Crippen LogP contribution in [0, 0.1) is 0 Å². The second kappa shape index (κ2) is 54.0. The fraction of sp³-hybridized carbons (Fsp3) is 0.885. The summed E-state index contributed by atoms with van der Waals surface area (Å²) in [5.41, 5.74) is 0. The van der Waals surface area contributed by atoms with Crippen LogP contribution in [-0.2, 0) is 61.9 Å². The summed E-state index contributed by atoms with van der Waals surface area (Å²) in [6, 6.07) is -4.73. The number of hydrogen-bond acceptors (Lipinski definition) is 27. The number of hydrogen-bond donors (Lipinski definition) is 19. The molecule has 32 heteroatoms. The molecule has 0 aromatic rings. The smallest absolute Gasteiger partial charge is 0.364 e. The van der Waals surface area contributed by atoms with Crippen molar-refractivity contribution >= 4 is 29.7 Å². The quantitative estimate of drug-likeness (QED) is 0.0307. The maximum atomic E-state index is 13.6. The molecule has 0 aliphatic carbocycles. The summed E-state index contributed by atoms with van der Waals surface area (Å²) >= 11 is 0. The number of unbranched alkanes of at least 4 members (excludes halogenated alkanes) is 30. The van der Waals surface area contributed by atoms with Crippen molar-refractivity contribution in [3.8, 4) is 0 Å². The number of amides is 3. The van der Waals surface area contributed by atoms with Crippen molar-refractivity contribution in [2.24, 2.45) is 0 Å². The maximum absolute atomic E-state index is 13.6. The second-order valence-corrected chi connectivity index (χ2v) is 30.4. The Bertz CT molecular complexity index is 2600. The third kappa shape index (κ3) is 32.9. The summed E-state index contributed by atoms with van der Waals surface area (Å²) in [6.07, 6.45) is 3.88. The largest absolute Gasteiger partial charge is 0.477 e. The number of aliphatic hydroxyl groups is 14. The van der Waals surface area contributed by atoms with Crippen LogP contribution in [0.15, 0.2) is 24.3 Å². The van der Waals surface area contributed by atoms with Gasteiger partial charge < -0.3 is 136 Å². The Hall–Kier alpha value is -4.05. The average molecular weight is 1580 g/mol. The molecule has 0 spiro atoms. The van der Waals surface area contributed by atoms with Crippen molar-refractivity contribution in [2.45, 2.75) is 405 Å². The van der Waals surface area contributed by atoms with E-state index in [1.165, 1.54) is 148 Å². The zero-order valence-electron chi connectivity index (χ0n) is 65.5. The van der Waals surface area contributed by atoms with Crippen molar-refractivity contribution < 1.29 is 144 Å². The number of carboxylic acids is 2. The lowest BCUT2D eigenvalue weighted by atomic mass is 9.87. The molecule has 640 valence electrons. The van der Waals surface area contributed by atoms with Crippen LogP contribution < -0.4 is 16.0 Å². The van der Waals surface area contributed by atoms with Crippen molar-refractivity contribution in [2.75, 3.05) is 33.0 Å². The Morgan fingerprint density at radius 3 is 1.36 bits per heavy atom. The van der Waals surface area contributed by atoms with Gasteiger partial charge in [0.15, 0.2) is 12.6 Å². The minimum Gasteiger partial charge on any atom is -0.477 e. The predicted molar refractivity (Wildman–Crippen MR) is 400 cm³/mol. The number of carbonyl (C=O) groups excluding carboxylic acids is 3. The molecule has 4 aliphatic heterocycles. The van der Waals surface area contributed by atoms with E-state index >= 15 is 0 Å². The monoisotopic (exact) mass is 1580 g/mol. The molecule has 4 aliphatic rings. The Labute approximate surface area is 649 Å². The van der Waals surface area contributed by atoms with Gasteiger partial charge in [-0.25, -0.2) is 9.59 Å². The number of carboxylic acid groups (broad SMARTS) is 2. The molecule has 110 heavy (non-hydrogen) atoms. The van der Waals surface area contributed by atoms with E-state index in [0.29, 0.717) is 12.8 Å². The van der Waals surface area contributed by atoms with Crippen LogP contribution in [0.3, 0.4) is 0 Å². The van der Waals surface area contributed by atoms with Gasteiger partial charge in [0.1, 0.15) is 85.5 Å². The normalized spacial score (nSPS) is 30.4. The third-order valence-corrected chi connectivity index (χ3v) is 21.1. The molecule has 0 aromatic carbocycles. The number of nitrogens with one attached hydrogen (secondary N) is 3. The van der Waals surface area contributed by atoms with E-state index in [4.69, 9.17) is 37.9 Å². The highest BCUT2D eigenvalue weighted by molar-refractivity contribution is 5.78. The van der Waals surface area contributed by atoms with Crippen molar-refractivity contribution in [3.63, 3.8) is 0 Å². The lowest BCUT2D eigenvalue weighted by Gasteiger charge is -2.51. The van der Waals surface area contributed by atoms with E-state index in [-0.39, 0.29) is 12.3 Å². The summed E-state index contributed by atoms with van der Waals surface area (Å²) in [5.74, 6) is -13.1. The molecule has 4 rings (SSSR count). The van der Waals surface area contributed by atoms with Crippen LogP contribution in [0.5, 0.6) is 0 Å². The molecular formula is C78H139N3O29. The Morgan fingerprint density at radius 2 is 0.918 bits per heavy atom. The molecule has 4 fully saturated rings. The number of rotatable bonds is 59. The van der Waals surface area contributed by atoms with Gasteiger partial charge >= 0.3 is 11.9 Å². The van der Waals surface area contributed by atoms with E-state index in [2.05, 4.69) is 41.9 Å². The lowest BCUT2D eigenvalue weighted by Crippen LogP contribution is -2.72. The number of allylic oxidation sites excluding steroid dienone is 3. The highest BCUT2D eigenvalue weighted by Crippen LogP contribution is 2.41. The van der Waals surface area contributed by atoms with Gasteiger partial charge in [0, 0.05) is 33.1 Å². The van der Waals surface area contributed by atoms with Gasteiger partial charge in [-0.05, 0) is 44.9 Å². The summed E-state index contributed by atoms with van der Waals surface area (Å²) in [7, 11) is 0. The molecule has 4 heterocycles. The zero-order valence-corrected chi connectivity index (χ0v) is 65.5. The molecule has 3 amide bonds. The SMILES string of the molecule is CCCCCCCCC=CCCCCCCCCCCCCCCCC(=O)NC(COC1OC(CO)C(OC2OC(CO)C(O)C(OC3(C(=O)O)CC(O)C(NC(C)=O)C(C(O)C(CO)OC4(C(=O)O)CC(O)C(NC(C)=O)C(C(O)C(O)CO)O4)O3)C2O)C(O)C1O)C(O)C=CCCCCCCCCCCCCC. The summed E-state index contributed by atoms with van der Waals surface area (Å²) in [5, 5.41) is 185. The molecule has 24 unspecified atom stereocenters. The van der Waals surface area contributed by atoms with E-state index < -0.39 is 216 Å². The van der Waals surface area contributed by atoms with Gasteiger partial charge in [0.25, 0.3) is 11.6 Å². The third-order valence-electron chi connectivity index (χ3n) is 21.1. The van der Waals surface area contributed by atoms with Gasteiger partial charge in [0.05, 0.1) is 69.5 Å². The van der Waals surface area contributed by atoms with E-state index in [9.17, 15) is 106 Å². The summed E-state index contributed by atoms with van der Waals surface area (Å²) in [4.78, 5) is 65.1. The van der Waals surface area contributed by atoms with Crippen LogP contribution in [-0.4, -0.2) is 290 Å². The average Bonchev–Trinajstić information content (AvgIpc) is 0.752. The molecular weight excluding hydrogens is 1440 g/mol. The van der Waals surface area contributed by atoms with Gasteiger partial charge in [0.2, 0.25) is 17.7 Å². The van der Waals surface area contributed by atoms with E-state index in [1.54, 1.807) is 6.08 Å². The van der Waals surface area contributed by atoms with E-state index in [0.717, 1.165) is 65.2 Å². The van der Waals surface area contributed by atoms with Crippen molar-refractivity contribution in [1.82, 2.24) is 16.0 Å².